The third-order valence-corrected chi connectivity index (χ3v) is 3.88. The molecule has 0 N–H and O–H groups in total. The molecule has 2 aromatic heterocycles. The number of rotatable bonds is 2. The van der Waals surface area contributed by atoms with Crippen LogP contribution in [0.2, 0.25) is 5.28 Å². The van der Waals surface area contributed by atoms with E-state index in [4.69, 9.17) is 11.6 Å². The molecule has 0 atom stereocenters. The summed E-state index contributed by atoms with van der Waals surface area (Å²) in [6, 6.07) is 9.93. The van der Waals surface area contributed by atoms with Gasteiger partial charge in [0.1, 0.15) is 5.03 Å². The monoisotopic (exact) mass is 290 g/mol. The summed E-state index contributed by atoms with van der Waals surface area (Å²) in [5.74, 6) is 0. The van der Waals surface area contributed by atoms with E-state index >= 15 is 0 Å². The van der Waals surface area contributed by atoms with Crippen LogP contribution in [0.1, 0.15) is 5.69 Å². The molecule has 0 amide bonds. The maximum absolute atomic E-state index is 5.87. The number of nitrogens with zero attached hydrogens (tertiary/aromatic N) is 4. The number of benzene rings is 1. The minimum Gasteiger partial charge on any atom is -0.322 e. The van der Waals surface area contributed by atoms with Crippen LogP contribution in [0.4, 0.5) is 0 Å². The summed E-state index contributed by atoms with van der Waals surface area (Å²) < 4.78 is 2.05. The second-order valence-electron chi connectivity index (χ2n) is 4.16. The molecule has 0 unspecified atom stereocenters. The van der Waals surface area contributed by atoms with Gasteiger partial charge >= 0.3 is 0 Å². The Morgan fingerprint density at radius 2 is 1.95 bits per heavy atom. The summed E-state index contributed by atoms with van der Waals surface area (Å²) in [6.07, 6.45) is 0. The largest absolute Gasteiger partial charge is 0.322 e. The van der Waals surface area contributed by atoms with Gasteiger partial charge in [0.2, 0.25) is 5.28 Å². The molecular weight excluding hydrogens is 280 g/mol. The highest BCUT2D eigenvalue weighted by Gasteiger charge is 2.10. The second-order valence-corrected chi connectivity index (χ2v) is 5.49. The van der Waals surface area contributed by atoms with E-state index in [1.807, 2.05) is 48.9 Å². The molecule has 1 aromatic carbocycles. The van der Waals surface area contributed by atoms with Crippen LogP contribution >= 0.6 is 23.4 Å². The fourth-order valence-corrected chi connectivity index (χ4v) is 3.07. The first-order valence-corrected chi connectivity index (χ1v) is 6.93. The average Bonchev–Trinajstić information content (AvgIpc) is 2.66. The minimum absolute atomic E-state index is 0.265. The van der Waals surface area contributed by atoms with E-state index in [1.54, 1.807) is 0 Å². The lowest BCUT2D eigenvalue weighted by molar-refractivity contribution is 0.812. The molecule has 0 fully saturated rings. The number of hydrogen-bond donors (Lipinski definition) is 0. The van der Waals surface area contributed by atoms with E-state index < -0.39 is 0 Å². The molecule has 0 bridgehead atoms. The van der Waals surface area contributed by atoms with Crippen molar-refractivity contribution in [3.8, 4) is 0 Å². The minimum atomic E-state index is 0.265. The number of fused-ring (bicyclic) bond motifs is 1. The molecule has 3 aromatic rings. The lowest BCUT2D eigenvalue weighted by atomic mass is 10.3. The van der Waals surface area contributed by atoms with Gasteiger partial charge in [0.05, 0.1) is 11.0 Å². The molecule has 3 rings (SSSR count). The van der Waals surface area contributed by atoms with Crippen LogP contribution in [-0.2, 0) is 7.05 Å². The van der Waals surface area contributed by atoms with Crippen LogP contribution in [0.3, 0.4) is 0 Å². The highest BCUT2D eigenvalue weighted by atomic mass is 35.5. The van der Waals surface area contributed by atoms with Crippen LogP contribution in [-0.4, -0.2) is 19.5 Å². The molecule has 0 saturated carbocycles. The third kappa shape index (κ3) is 2.43. The number of imidazole rings is 1. The summed E-state index contributed by atoms with van der Waals surface area (Å²) in [4.78, 5) is 12.8. The molecule has 19 heavy (non-hydrogen) atoms. The Morgan fingerprint density at radius 3 is 2.68 bits per heavy atom. The zero-order valence-electron chi connectivity index (χ0n) is 10.5. The first-order valence-electron chi connectivity index (χ1n) is 5.74. The molecule has 4 nitrogen and oxygen atoms in total. The van der Waals surface area contributed by atoms with Gasteiger partial charge in [-0.15, -0.1) is 0 Å². The van der Waals surface area contributed by atoms with Gasteiger partial charge in [-0.2, -0.15) is 0 Å². The highest BCUT2D eigenvalue weighted by Crippen LogP contribution is 2.28. The topological polar surface area (TPSA) is 43.6 Å². The average molecular weight is 291 g/mol. The van der Waals surface area contributed by atoms with Crippen LogP contribution in [0.15, 0.2) is 40.5 Å². The highest BCUT2D eigenvalue weighted by molar-refractivity contribution is 7.99. The summed E-state index contributed by atoms with van der Waals surface area (Å²) in [5.41, 5.74) is 2.92. The quantitative estimate of drug-likeness (QED) is 0.535. The Kier molecular flexibility index (Phi) is 3.16. The van der Waals surface area contributed by atoms with E-state index in [0.29, 0.717) is 0 Å². The van der Waals surface area contributed by atoms with Crippen molar-refractivity contribution in [1.29, 1.82) is 0 Å². The van der Waals surface area contributed by atoms with Crippen molar-refractivity contribution < 1.29 is 0 Å². The van der Waals surface area contributed by atoms with Crippen molar-refractivity contribution in [2.24, 2.45) is 7.05 Å². The van der Waals surface area contributed by atoms with E-state index in [0.717, 1.165) is 26.9 Å². The van der Waals surface area contributed by atoms with Gasteiger partial charge in [-0.05, 0) is 48.5 Å². The SMILES string of the molecule is Cc1cc(Sc2nc3ccccc3n2C)nc(Cl)n1. The normalized spacial score (nSPS) is 11.1. The van der Waals surface area contributed by atoms with Crippen LogP contribution < -0.4 is 0 Å². The maximum atomic E-state index is 5.87. The molecule has 0 radical (unpaired) electrons. The number of aromatic nitrogens is 4. The fraction of sp³-hybridized carbons (Fsp3) is 0.154. The molecule has 2 heterocycles. The van der Waals surface area contributed by atoms with Crippen LogP contribution in [0, 0.1) is 6.92 Å². The number of para-hydroxylation sites is 2. The van der Waals surface area contributed by atoms with Crippen molar-refractivity contribution in [1.82, 2.24) is 19.5 Å². The zero-order valence-corrected chi connectivity index (χ0v) is 12.0. The molecule has 96 valence electrons. The number of aryl methyl sites for hydroxylation is 2. The van der Waals surface area contributed by atoms with Gasteiger partial charge in [-0.25, -0.2) is 15.0 Å². The first-order chi connectivity index (χ1) is 9.13. The van der Waals surface area contributed by atoms with Gasteiger partial charge in [-0.1, -0.05) is 12.1 Å². The second kappa shape index (κ2) is 4.83. The van der Waals surface area contributed by atoms with Crippen molar-refractivity contribution in [2.75, 3.05) is 0 Å². The molecule has 0 aliphatic heterocycles. The summed E-state index contributed by atoms with van der Waals surface area (Å²) >= 11 is 7.36. The zero-order chi connectivity index (χ0) is 13.4. The Bertz CT molecular complexity index is 733. The predicted octanol–water partition coefficient (Wildman–Crippen LogP) is 3.48. The third-order valence-electron chi connectivity index (χ3n) is 2.75. The number of halogens is 1. The van der Waals surface area contributed by atoms with Crippen LogP contribution in [0.5, 0.6) is 0 Å². The Labute approximate surface area is 119 Å². The van der Waals surface area contributed by atoms with Crippen molar-refractivity contribution in [2.45, 2.75) is 17.1 Å². The molecule has 0 aliphatic rings. The Hall–Kier alpha value is -1.59. The lowest BCUT2D eigenvalue weighted by Crippen LogP contribution is -1.93. The Morgan fingerprint density at radius 1 is 1.16 bits per heavy atom. The molecule has 6 heteroatoms. The number of hydrogen-bond acceptors (Lipinski definition) is 4. The molecule has 0 spiro atoms. The van der Waals surface area contributed by atoms with Gasteiger partial charge in [-0.3, -0.25) is 0 Å². The van der Waals surface area contributed by atoms with Gasteiger partial charge in [0.25, 0.3) is 0 Å². The molecule has 0 aliphatic carbocycles. The van der Waals surface area contributed by atoms with Gasteiger partial charge in [0.15, 0.2) is 5.16 Å². The summed E-state index contributed by atoms with van der Waals surface area (Å²) in [7, 11) is 1.99. The van der Waals surface area contributed by atoms with Crippen molar-refractivity contribution >= 4 is 34.4 Å². The van der Waals surface area contributed by atoms with Gasteiger partial charge < -0.3 is 4.57 Å². The predicted molar refractivity (Wildman–Crippen MR) is 76.6 cm³/mol. The smallest absolute Gasteiger partial charge is 0.223 e. The first kappa shape index (κ1) is 12.4. The molecular formula is C13H11ClN4S. The van der Waals surface area contributed by atoms with Gasteiger partial charge in [0, 0.05) is 12.7 Å². The fourth-order valence-electron chi connectivity index (χ4n) is 1.87. The van der Waals surface area contributed by atoms with Crippen molar-refractivity contribution in [3.05, 3.63) is 41.3 Å². The lowest BCUT2D eigenvalue weighted by Gasteiger charge is -2.02. The maximum Gasteiger partial charge on any atom is 0.223 e. The van der Waals surface area contributed by atoms with E-state index in [2.05, 4.69) is 15.0 Å². The van der Waals surface area contributed by atoms with E-state index in [1.165, 1.54) is 11.8 Å². The van der Waals surface area contributed by atoms with Crippen molar-refractivity contribution in [3.63, 3.8) is 0 Å². The van der Waals surface area contributed by atoms with E-state index in [-0.39, 0.29) is 5.28 Å². The Balaban J connectivity index is 2.03. The standard InChI is InChI=1S/C13H11ClN4S/c1-8-7-11(17-12(14)15-8)19-13-16-9-5-3-4-6-10(9)18(13)2/h3-7H,1-2H3. The van der Waals surface area contributed by atoms with Crippen LogP contribution in [0.25, 0.3) is 11.0 Å². The summed E-state index contributed by atoms with van der Waals surface area (Å²) in [5, 5.41) is 1.95. The van der Waals surface area contributed by atoms with E-state index in [9.17, 15) is 0 Å². The summed E-state index contributed by atoms with van der Waals surface area (Å²) in [6.45, 7) is 1.90. The molecule has 0 saturated heterocycles.